The molecule has 1 aromatic carbocycles. The standard InChI is InChI=1S/C17H25FN2O2/c1-2-3-9-22-12-14-10-15(16(14)18)20-17(21)19-11-13-7-5-4-6-8-13/h4-8,14-16H,2-3,9-12H2,1H3,(H2,19,20,21)/t14-,15+,16?/m1/s1. The summed E-state index contributed by atoms with van der Waals surface area (Å²) in [5.74, 6) is -0.0868. The van der Waals surface area contributed by atoms with Crippen LogP contribution in [0, 0.1) is 5.92 Å². The van der Waals surface area contributed by atoms with E-state index >= 15 is 0 Å². The lowest BCUT2D eigenvalue weighted by molar-refractivity contribution is -0.00923. The summed E-state index contributed by atoms with van der Waals surface area (Å²) in [5.41, 5.74) is 1.02. The van der Waals surface area contributed by atoms with Crippen LogP contribution in [0.15, 0.2) is 30.3 Å². The first-order chi connectivity index (χ1) is 10.7. The maximum absolute atomic E-state index is 14.0. The van der Waals surface area contributed by atoms with Crippen LogP contribution in [0.25, 0.3) is 0 Å². The molecule has 1 fully saturated rings. The summed E-state index contributed by atoms with van der Waals surface area (Å²) in [6.45, 7) is 3.68. The van der Waals surface area contributed by atoms with Gasteiger partial charge in [-0.15, -0.1) is 0 Å². The van der Waals surface area contributed by atoms with Crippen molar-refractivity contribution in [1.82, 2.24) is 10.6 Å². The molecule has 0 spiro atoms. The summed E-state index contributed by atoms with van der Waals surface area (Å²) in [4.78, 5) is 11.8. The van der Waals surface area contributed by atoms with Gasteiger partial charge >= 0.3 is 6.03 Å². The van der Waals surface area contributed by atoms with E-state index in [1.165, 1.54) is 0 Å². The summed E-state index contributed by atoms with van der Waals surface area (Å²) in [7, 11) is 0. The molecule has 1 aliphatic rings. The molecule has 0 saturated heterocycles. The lowest BCUT2D eigenvalue weighted by Crippen LogP contribution is -2.57. The van der Waals surface area contributed by atoms with Crippen molar-refractivity contribution in [3.8, 4) is 0 Å². The van der Waals surface area contributed by atoms with Gasteiger partial charge in [-0.1, -0.05) is 43.7 Å². The van der Waals surface area contributed by atoms with E-state index in [9.17, 15) is 9.18 Å². The lowest BCUT2D eigenvalue weighted by atomic mass is 9.78. The maximum Gasteiger partial charge on any atom is 0.315 e. The molecule has 22 heavy (non-hydrogen) atoms. The molecular formula is C17H25FN2O2. The number of carbonyl (C=O) groups is 1. The topological polar surface area (TPSA) is 50.4 Å². The molecule has 0 bridgehead atoms. The van der Waals surface area contributed by atoms with Crippen molar-refractivity contribution < 1.29 is 13.9 Å². The van der Waals surface area contributed by atoms with Crippen molar-refractivity contribution in [3.05, 3.63) is 35.9 Å². The number of nitrogens with one attached hydrogen (secondary N) is 2. The van der Waals surface area contributed by atoms with Crippen LogP contribution < -0.4 is 10.6 Å². The molecule has 0 aliphatic heterocycles. The highest BCUT2D eigenvalue weighted by molar-refractivity contribution is 5.74. The molecule has 5 heteroatoms. The number of halogens is 1. The molecule has 1 aromatic rings. The number of unbranched alkanes of at least 4 members (excludes halogenated alkanes) is 1. The van der Waals surface area contributed by atoms with E-state index in [1.54, 1.807) is 0 Å². The number of ether oxygens (including phenoxy) is 1. The van der Waals surface area contributed by atoms with Gasteiger partial charge in [0, 0.05) is 19.1 Å². The van der Waals surface area contributed by atoms with Gasteiger partial charge < -0.3 is 15.4 Å². The lowest BCUT2D eigenvalue weighted by Gasteiger charge is -2.39. The van der Waals surface area contributed by atoms with Crippen LogP contribution >= 0.6 is 0 Å². The van der Waals surface area contributed by atoms with Gasteiger partial charge in [-0.2, -0.15) is 0 Å². The van der Waals surface area contributed by atoms with Gasteiger partial charge in [0.2, 0.25) is 0 Å². The van der Waals surface area contributed by atoms with Gasteiger partial charge in [0.05, 0.1) is 12.6 Å². The van der Waals surface area contributed by atoms with E-state index in [2.05, 4.69) is 17.6 Å². The molecule has 0 aromatic heterocycles. The van der Waals surface area contributed by atoms with Crippen molar-refractivity contribution >= 4 is 6.03 Å². The number of hydrogen-bond donors (Lipinski definition) is 2. The predicted octanol–water partition coefficient (Wildman–Crippen LogP) is 3.03. The Morgan fingerprint density at radius 2 is 2.14 bits per heavy atom. The van der Waals surface area contributed by atoms with Crippen molar-refractivity contribution in [3.63, 3.8) is 0 Å². The van der Waals surface area contributed by atoms with Crippen molar-refractivity contribution in [2.45, 2.75) is 44.9 Å². The normalized spacial score (nSPS) is 23.6. The van der Waals surface area contributed by atoms with Crippen molar-refractivity contribution in [2.24, 2.45) is 5.92 Å². The fourth-order valence-electron chi connectivity index (χ4n) is 2.50. The molecule has 3 atom stereocenters. The molecule has 2 N–H and O–H groups in total. The van der Waals surface area contributed by atoms with E-state index in [0.717, 1.165) is 18.4 Å². The number of urea groups is 1. The van der Waals surface area contributed by atoms with Gasteiger partial charge in [-0.25, -0.2) is 9.18 Å². The summed E-state index contributed by atoms with van der Waals surface area (Å²) < 4.78 is 19.4. The minimum absolute atomic E-state index is 0.0868. The Bertz CT molecular complexity index is 455. The van der Waals surface area contributed by atoms with Crippen LogP contribution in [-0.4, -0.2) is 31.5 Å². The van der Waals surface area contributed by atoms with Crippen molar-refractivity contribution in [2.75, 3.05) is 13.2 Å². The molecule has 2 rings (SSSR count). The van der Waals surface area contributed by atoms with E-state index in [4.69, 9.17) is 4.74 Å². The molecule has 0 radical (unpaired) electrons. The van der Waals surface area contributed by atoms with Crippen LogP contribution in [0.4, 0.5) is 9.18 Å². The van der Waals surface area contributed by atoms with Gasteiger partial charge in [-0.3, -0.25) is 0 Å². The average molecular weight is 308 g/mol. The Balaban J connectivity index is 1.60. The van der Waals surface area contributed by atoms with Crippen LogP contribution in [0.2, 0.25) is 0 Å². The first kappa shape index (κ1) is 16.7. The molecule has 4 nitrogen and oxygen atoms in total. The number of rotatable bonds is 8. The summed E-state index contributed by atoms with van der Waals surface area (Å²) in [6.07, 6.45) is 1.72. The van der Waals surface area contributed by atoms with E-state index in [1.807, 2.05) is 30.3 Å². The van der Waals surface area contributed by atoms with Gasteiger partial charge in [0.25, 0.3) is 0 Å². The fraction of sp³-hybridized carbons (Fsp3) is 0.588. The van der Waals surface area contributed by atoms with Crippen molar-refractivity contribution in [1.29, 1.82) is 0 Å². The Kier molecular flexibility index (Phi) is 6.65. The second-order valence-electron chi connectivity index (χ2n) is 5.79. The molecule has 0 heterocycles. The first-order valence-electron chi connectivity index (χ1n) is 8.00. The monoisotopic (exact) mass is 308 g/mol. The van der Waals surface area contributed by atoms with E-state index in [-0.39, 0.29) is 11.9 Å². The fourth-order valence-corrected chi connectivity index (χ4v) is 2.50. The minimum Gasteiger partial charge on any atom is -0.381 e. The first-order valence-corrected chi connectivity index (χ1v) is 8.00. The van der Waals surface area contributed by atoms with E-state index in [0.29, 0.717) is 26.2 Å². The van der Waals surface area contributed by atoms with Crippen LogP contribution in [-0.2, 0) is 11.3 Å². The van der Waals surface area contributed by atoms with Gasteiger partial charge in [0.15, 0.2) is 0 Å². The Labute approximate surface area is 131 Å². The second kappa shape index (κ2) is 8.73. The highest BCUT2D eigenvalue weighted by atomic mass is 19.1. The molecule has 1 aliphatic carbocycles. The zero-order chi connectivity index (χ0) is 15.8. The number of hydrogen-bond acceptors (Lipinski definition) is 2. The van der Waals surface area contributed by atoms with E-state index < -0.39 is 12.2 Å². The Morgan fingerprint density at radius 1 is 1.36 bits per heavy atom. The molecule has 122 valence electrons. The zero-order valence-electron chi connectivity index (χ0n) is 13.1. The average Bonchev–Trinajstić information content (AvgIpc) is 2.55. The molecule has 2 amide bonds. The third kappa shape index (κ3) is 4.98. The predicted molar refractivity (Wildman–Crippen MR) is 84.3 cm³/mol. The zero-order valence-corrected chi connectivity index (χ0v) is 13.1. The van der Waals surface area contributed by atoms with Crippen LogP contribution in [0.3, 0.4) is 0 Å². The van der Waals surface area contributed by atoms with Crippen LogP contribution in [0.5, 0.6) is 0 Å². The largest absolute Gasteiger partial charge is 0.381 e. The number of carbonyl (C=O) groups excluding carboxylic acids is 1. The van der Waals surface area contributed by atoms with Gasteiger partial charge in [-0.05, 0) is 18.4 Å². The number of benzene rings is 1. The highest BCUT2D eigenvalue weighted by Crippen LogP contribution is 2.31. The molecular weight excluding hydrogens is 283 g/mol. The highest BCUT2D eigenvalue weighted by Gasteiger charge is 2.42. The SMILES string of the molecule is CCCCOC[C@H]1C[C@H](NC(=O)NCc2ccccc2)C1F. The Hall–Kier alpha value is -1.62. The Morgan fingerprint density at radius 3 is 2.82 bits per heavy atom. The summed E-state index contributed by atoms with van der Waals surface area (Å²) in [6, 6.07) is 8.92. The van der Waals surface area contributed by atoms with Crippen LogP contribution in [0.1, 0.15) is 31.7 Å². The quantitative estimate of drug-likeness (QED) is 0.725. The summed E-state index contributed by atoms with van der Waals surface area (Å²) in [5, 5.41) is 5.43. The molecule has 1 saturated carbocycles. The number of alkyl halides is 1. The molecule has 1 unspecified atom stereocenters. The second-order valence-corrected chi connectivity index (χ2v) is 5.79. The minimum atomic E-state index is -1.01. The third-order valence-electron chi connectivity index (χ3n) is 3.98. The number of amides is 2. The smallest absolute Gasteiger partial charge is 0.315 e. The maximum atomic E-state index is 14.0. The van der Waals surface area contributed by atoms with Gasteiger partial charge in [0.1, 0.15) is 6.17 Å². The summed E-state index contributed by atoms with van der Waals surface area (Å²) >= 11 is 0. The third-order valence-corrected chi connectivity index (χ3v) is 3.98.